The molecule has 1 aliphatic rings. The summed E-state index contributed by atoms with van der Waals surface area (Å²) in [4.78, 5) is 14.0. The van der Waals surface area contributed by atoms with E-state index in [9.17, 15) is 0 Å². The van der Waals surface area contributed by atoms with Crippen LogP contribution in [-0.2, 0) is 6.54 Å². The zero-order valence-corrected chi connectivity index (χ0v) is 16.1. The number of nitrogens with one attached hydrogen (secondary N) is 1. The first-order valence-electron chi connectivity index (χ1n) is 9.80. The Morgan fingerprint density at radius 1 is 1.14 bits per heavy atom. The number of hydrogen-bond donors (Lipinski definition) is 1. The monoisotopic (exact) mass is 373 g/mol. The van der Waals surface area contributed by atoms with E-state index in [1.807, 2.05) is 42.0 Å². The van der Waals surface area contributed by atoms with Crippen molar-refractivity contribution in [3.63, 3.8) is 0 Å². The fourth-order valence-corrected chi connectivity index (χ4v) is 3.92. The summed E-state index contributed by atoms with van der Waals surface area (Å²) in [5.41, 5.74) is 4.72. The van der Waals surface area contributed by atoms with E-state index < -0.39 is 0 Å². The molecule has 0 spiro atoms. The van der Waals surface area contributed by atoms with Crippen molar-refractivity contribution in [1.29, 1.82) is 0 Å². The van der Waals surface area contributed by atoms with E-state index in [1.165, 1.54) is 0 Å². The first kappa shape index (κ1) is 16.9. The molecule has 7 heteroatoms. The summed E-state index contributed by atoms with van der Waals surface area (Å²) in [6, 6.07) is 6.10. The van der Waals surface area contributed by atoms with Gasteiger partial charge in [-0.3, -0.25) is 0 Å². The second kappa shape index (κ2) is 6.74. The maximum atomic E-state index is 4.88. The Kier molecular flexibility index (Phi) is 4.07. The minimum Gasteiger partial charge on any atom is -0.353 e. The Balaban J connectivity index is 1.46. The highest BCUT2D eigenvalue weighted by Gasteiger charge is 2.14. The van der Waals surface area contributed by atoms with E-state index in [4.69, 9.17) is 4.98 Å². The molecule has 0 atom stereocenters. The average Bonchev–Trinajstić information content (AvgIpc) is 3.43. The standard InChI is InChI=1S/C21H23N7/c1-3-27-14(2)24-18-9-8-17(25-20(18)27)16-10-11-28-19(16)13-23-21(26-28)22-12-15-6-4-5-7-15/h4-5,8-11,13,15H,3,6-7,12H2,1-2H3,(H,22,26). The molecule has 1 aliphatic carbocycles. The van der Waals surface area contributed by atoms with Crippen LogP contribution in [0.3, 0.4) is 0 Å². The molecule has 4 heterocycles. The van der Waals surface area contributed by atoms with Gasteiger partial charge in [0, 0.05) is 24.8 Å². The number of fused-ring (bicyclic) bond motifs is 2. The van der Waals surface area contributed by atoms with Crippen molar-refractivity contribution >= 4 is 22.6 Å². The van der Waals surface area contributed by atoms with E-state index in [2.05, 4.69) is 44.0 Å². The van der Waals surface area contributed by atoms with Gasteiger partial charge in [-0.25, -0.2) is 19.5 Å². The van der Waals surface area contributed by atoms with E-state index in [0.717, 1.165) is 59.7 Å². The minimum atomic E-state index is 0.641. The molecule has 4 aromatic heterocycles. The van der Waals surface area contributed by atoms with Gasteiger partial charge in [-0.15, -0.1) is 5.10 Å². The van der Waals surface area contributed by atoms with Gasteiger partial charge < -0.3 is 9.88 Å². The number of aryl methyl sites for hydroxylation is 2. The molecule has 0 amide bonds. The summed E-state index contributed by atoms with van der Waals surface area (Å²) in [6.45, 7) is 5.87. The molecule has 1 N–H and O–H groups in total. The fraction of sp³-hybridized carbons (Fsp3) is 0.333. The number of anilines is 1. The highest BCUT2D eigenvalue weighted by molar-refractivity contribution is 5.82. The quantitative estimate of drug-likeness (QED) is 0.538. The molecule has 0 saturated heterocycles. The van der Waals surface area contributed by atoms with Gasteiger partial charge in [0.15, 0.2) is 5.65 Å². The van der Waals surface area contributed by atoms with Crippen molar-refractivity contribution in [2.45, 2.75) is 33.2 Å². The molecule has 0 unspecified atom stereocenters. The van der Waals surface area contributed by atoms with Gasteiger partial charge in [0.1, 0.15) is 11.3 Å². The molecular formula is C21H23N7. The van der Waals surface area contributed by atoms with Crippen LogP contribution in [0.15, 0.2) is 42.7 Å². The van der Waals surface area contributed by atoms with Crippen molar-refractivity contribution in [2.75, 3.05) is 11.9 Å². The van der Waals surface area contributed by atoms with Gasteiger partial charge in [-0.1, -0.05) is 12.2 Å². The summed E-state index contributed by atoms with van der Waals surface area (Å²) < 4.78 is 4.00. The molecule has 0 fully saturated rings. The molecule has 0 radical (unpaired) electrons. The van der Waals surface area contributed by atoms with Gasteiger partial charge in [0.25, 0.3) is 0 Å². The van der Waals surface area contributed by atoms with Crippen molar-refractivity contribution in [3.8, 4) is 11.3 Å². The molecule has 0 saturated carbocycles. The van der Waals surface area contributed by atoms with E-state index in [0.29, 0.717) is 11.9 Å². The maximum absolute atomic E-state index is 4.88. The van der Waals surface area contributed by atoms with E-state index in [1.54, 1.807) is 0 Å². The molecular weight excluding hydrogens is 350 g/mol. The Morgan fingerprint density at radius 2 is 2.00 bits per heavy atom. The number of imidazole rings is 1. The molecule has 0 aliphatic heterocycles. The highest BCUT2D eigenvalue weighted by Crippen LogP contribution is 2.26. The van der Waals surface area contributed by atoms with Crippen LogP contribution in [0.1, 0.15) is 25.6 Å². The lowest BCUT2D eigenvalue weighted by atomic mass is 10.1. The van der Waals surface area contributed by atoms with Crippen LogP contribution in [0.25, 0.3) is 27.9 Å². The molecule has 4 aromatic rings. The lowest BCUT2D eigenvalue weighted by Crippen LogP contribution is -2.14. The second-order valence-electron chi connectivity index (χ2n) is 7.27. The summed E-state index contributed by atoms with van der Waals surface area (Å²) in [5.74, 6) is 2.28. The Bertz CT molecular complexity index is 1180. The molecule has 5 rings (SSSR count). The highest BCUT2D eigenvalue weighted by atomic mass is 15.3. The summed E-state index contributed by atoms with van der Waals surface area (Å²) in [7, 11) is 0. The van der Waals surface area contributed by atoms with Gasteiger partial charge in [-0.05, 0) is 50.8 Å². The molecule has 0 aromatic carbocycles. The van der Waals surface area contributed by atoms with Gasteiger partial charge in [0.2, 0.25) is 5.95 Å². The molecule has 142 valence electrons. The van der Waals surface area contributed by atoms with Crippen LogP contribution in [-0.4, -0.2) is 35.7 Å². The number of aromatic nitrogens is 6. The first-order chi connectivity index (χ1) is 13.7. The van der Waals surface area contributed by atoms with Gasteiger partial charge >= 0.3 is 0 Å². The minimum absolute atomic E-state index is 0.641. The Morgan fingerprint density at radius 3 is 2.82 bits per heavy atom. The van der Waals surface area contributed by atoms with E-state index in [-0.39, 0.29) is 0 Å². The zero-order valence-electron chi connectivity index (χ0n) is 16.1. The van der Waals surface area contributed by atoms with E-state index >= 15 is 0 Å². The van der Waals surface area contributed by atoms with Crippen LogP contribution >= 0.6 is 0 Å². The lowest BCUT2D eigenvalue weighted by molar-refractivity contribution is 0.599. The molecule has 7 nitrogen and oxygen atoms in total. The SMILES string of the molecule is CCn1c(C)nc2ccc(-c3ccn4nc(NCC5CC=CC5)ncc34)nc21. The predicted molar refractivity (Wildman–Crippen MR) is 110 cm³/mol. The van der Waals surface area contributed by atoms with Crippen molar-refractivity contribution in [1.82, 2.24) is 29.1 Å². The lowest BCUT2D eigenvalue weighted by Gasteiger charge is -2.10. The fourth-order valence-electron chi connectivity index (χ4n) is 3.92. The number of nitrogens with zero attached hydrogens (tertiary/aromatic N) is 6. The summed E-state index contributed by atoms with van der Waals surface area (Å²) in [6.07, 6.45) is 10.6. The van der Waals surface area contributed by atoms with Crippen molar-refractivity contribution in [3.05, 3.63) is 48.6 Å². The van der Waals surface area contributed by atoms with Crippen LogP contribution in [0.2, 0.25) is 0 Å². The first-order valence-corrected chi connectivity index (χ1v) is 9.80. The topological polar surface area (TPSA) is 72.9 Å². The van der Waals surface area contributed by atoms with Crippen LogP contribution in [0, 0.1) is 12.8 Å². The third-order valence-electron chi connectivity index (χ3n) is 5.45. The largest absolute Gasteiger partial charge is 0.353 e. The van der Waals surface area contributed by atoms with Crippen molar-refractivity contribution < 1.29 is 0 Å². The smallest absolute Gasteiger partial charge is 0.241 e. The summed E-state index contributed by atoms with van der Waals surface area (Å²) in [5, 5.41) is 7.97. The predicted octanol–water partition coefficient (Wildman–Crippen LogP) is 3.85. The zero-order chi connectivity index (χ0) is 19.1. The van der Waals surface area contributed by atoms with Gasteiger partial charge in [0.05, 0.1) is 17.4 Å². The summed E-state index contributed by atoms with van der Waals surface area (Å²) >= 11 is 0. The second-order valence-corrected chi connectivity index (χ2v) is 7.27. The third-order valence-corrected chi connectivity index (χ3v) is 5.45. The third kappa shape index (κ3) is 2.83. The number of rotatable bonds is 5. The molecule has 0 bridgehead atoms. The molecule has 28 heavy (non-hydrogen) atoms. The van der Waals surface area contributed by atoms with Crippen LogP contribution in [0.5, 0.6) is 0 Å². The van der Waals surface area contributed by atoms with Crippen molar-refractivity contribution in [2.24, 2.45) is 5.92 Å². The Labute approximate surface area is 163 Å². The normalized spacial score (nSPS) is 14.5. The number of pyridine rings is 1. The Hall–Kier alpha value is -3.22. The average molecular weight is 373 g/mol. The number of allylic oxidation sites excluding steroid dienone is 2. The van der Waals surface area contributed by atoms with Crippen LogP contribution < -0.4 is 5.32 Å². The maximum Gasteiger partial charge on any atom is 0.241 e. The number of hydrogen-bond acceptors (Lipinski definition) is 5. The van der Waals surface area contributed by atoms with Crippen LogP contribution in [0.4, 0.5) is 5.95 Å². The van der Waals surface area contributed by atoms with Gasteiger partial charge in [-0.2, -0.15) is 0 Å².